The van der Waals surface area contributed by atoms with Crippen LogP contribution >= 0.6 is 0 Å². The maximum absolute atomic E-state index is 12.9. The summed E-state index contributed by atoms with van der Waals surface area (Å²) in [5.74, 6) is -0.153. The van der Waals surface area contributed by atoms with Crippen molar-refractivity contribution >= 4 is 17.7 Å². The van der Waals surface area contributed by atoms with E-state index in [0.29, 0.717) is 27.6 Å². The van der Waals surface area contributed by atoms with Gasteiger partial charge in [-0.3, -0.25) is 4.90 Å². The van der Waals surface area contributed by atoms with Gasteiger partial charge in [0.15, 0.2) is 5.75 Å². The fourth-order valence-electron chi connectivity index (χ4n) is 2.93. The van der Waals surface area contributed by atoms with Crippen molar-refractivity contribution < 1.29 is 19.4 Å². The fourth-order valence-corrected chi connectivity index (χ4v) is 2.93. The zero-order chi connectivity index (χ0) is 22.7. The number of hydrogen-bond acceptors (Lipinski definition) is 6. The highest BCUT2D eigenvalue weighted by atomic mass is 16.5. The third kappa shape index (κ3) is 3.97. The van der Waals surface area contributed by atoms with E-state index in [1.165, 1.54) is 36.2 Å². The normalized spacial score (nSPS) is 10.5. The number of ether oxygens (including phenoxy) is 1. The molecule has 4 rings (SSSR count). The Morgan fingerprint density at radius 2 is 1.56 bits per heavy atom. The van der Waals surface area contributed by atoms with Gasteiger partial charge in [0, 0.05) is 12.7 Å². The summed E-state index contributed by atoms with van der Waals surface area (Å²) in [6.45, 7) is 0. The SMILES string of the molecule is CN(C(=O)n1nnn(-c2ccccc2Oc2ccccc2)c1=O)c1ccc(C(=O)O)cc1. The van der Waals surface area contributed by atoms with E-state index >= 15 is 0 Å². The van der Waals surface area contributed by atoms with E-state index in [9.17, 15) is 14.4 Å². The summed E-state index contributed by atoms with van der Waals surface area (Å²) in [6, 6.07) is 20.6. The molecule has 0 radical (unpaired) electrons. The van der Waals surface area contributed by atoms with Gasteiger partial charge in [0.05, 0.1) is 5.56 Å². The molecule has 1 aromatic heterocycles. The summed E-state index contributed by atoms with van der Waals surface area (Å²) in [5.41, 5.74) is -0.0102. The van der Waals surface area contributed by atoms with Crippen LogP contribution in [0.25, 0.3) is 5.69 Å². The standard InChI is InChI=1S/C22H17N5O5/c1-25(16-13-11-15(12-14-16)20(28)29)21(30)27-22(31)26(23-24-27)18-9-5-6-10-19(18)32-17-7-3-2-4-8-17/h2-14H,1H3,(H,28,29). The molecular formula is C22H17N5O5. The van der Waals surface area contributed by atoms with Crippen LogP contribution in [0.3, 0.4) is 0 Å². The largest absolute Gasteiger partial charge is 0.478 e. The maximum atomic E-state index is 12.9. The molecule has 3 aromatic carbocycles. The van der Waals surface area contributed by atoms with Gasteiger partial charge >= 0.3 is 17.7 Å². The second-order valence-corrected chi connectivity index (χ2v) is 6.66. The molecule has 0 aliphatic heterocycles. The van der Waals surface area contributed by atoms with E-state index in [1.807, 2.05) is 18.2 Å². The van der Waals surface area contributed by atoms with Crippen LogP contribution in [-0.2, 0) is 0 Å². The predicted molar refractivity (Wildman–Crippen MR) is 115 cm³/mol. The summed E-state index contributed by atoms with van der Waals surface area (Å²) in [7, 11) is 1.44. The number of para-hydroxylation sites is 3. The third-order valence-corrected chi connectivity index (χ3v) is 4.62. The number of carbonyl (C=O) groups excluding carboxylic acids is 1. The van der Waals surface area contributed by atoms with Crippen LogP contribution in [0.1, 0.15) is 10.4 Å². The first-order valence-electron chi connectivity index (χ1n) is 9.44. The third-order valence-electron chi connectivity index (χ3n) is 4.62. The Balaban J connectivity index is 1.63. The second kappa shape index (κ2) is 8.56. The molecule has 0 aliphatic carbocycles. The maximum Gasteiger partial charge on any atom is 0.377 e. The minimum absolute atomic E-state index is 0.0766. The summed E-state index contributed by atoms with van der Waals surface area (Å²) in [4.78, 5) is 37.9. The van der Waals surface area contributed by atoms with E-state index in [2.05, 4.69) is 10.4 Å². The van der Waals surface area contributed by atoms with E-state index in [0.717, 1.165) is 4.68 Å². The molecule has 32 heavy (non-hydrogen) atoms. The van der Waals surface area contributed by atoms with Crippen LogP contribution < -0.4 is 15.3 Å². The Morgan fingerprint density at radius 3 is 2.25 bits per heavy atom. The van der Waals surface area contributed by atoms with Crippen molar-refractivity contribution in [3.63, 3.8) is 0 Å². The van der Waals surface area contributed by atoms with E-state index in [1.54, 1.807) is 36.4 Å². The lowest BCUT2D eigenvalue weighted by molar-refractivity contribution is 0.0697. The second-order valence-electron chi connectivity index (χ2n) is 6.66. The molecule has 10 nitrogen and oxygen atoms in total. The number of tetrazole rings is 1. The molecule has 1 amide bonds. The summed E-state index contributed by atoms with van der Waals surface area (Å²) >= 11 is 0. The quantitative estimate of drug-likeness (QED) is 0.482. The number of carbonyl (C=O) groups is 2. The molecule has 0 saturated carbocycles. The minimum Gasteiger partial charge on any atom is -0.478 e. The Bertz CT molecular complexity index is 1330. The van der Waals surface area contributed by atoms with Crippen molar-refractivity contribution in [2.45, 2.75) is 0 Å². The Hall–Kier alpha value is -4.73. The molecule has 160 valence electrons. The number of carboxylic acids is 1. The Kier molecular flexibility index (Phi) is 5.49. The molecule has 0 unspecified atom stereocenters. The molecule has 0 atom stereocenters. The lowest BCUT2D eigenvalue weighted by atomic mass is 10.2. The lowest BCUT2D eigenvalue weighted by Crippen LogP contribution is -2.39. The van der Waals surface area contributed by atoms with Crippen molar-refractivity contribution in [1.82, 2.24) is 19.8 Å². The lowest BCUT2D eigenvalue weighted by Gasteiger charge is -2.15. The number of carboxylic acid groups (broad SMARTS) is 1. The van der Waals surface area contributed by atoms with E-state index in [-0.39, 0.29) is 5.56 Å². The van der Waals surface area contributed by atoms with Gasteiger partial charge in [-0.2, -0.15) is 4.68 Å². The van der Waals surface area contributed by atoms with Crippen LogP contribution in [0, 0.1) is 0 Å². The van der Waals surface area contributed by atoms with Crippen molar-refractivity contribution in [3.8, 4) is 17.2 Å². The first-order valence-corrected chi connectivity index (χ1v) is 9.44. The molecule has 0 bridgehead atoms. The molecule has 4 aromatic rings. The molecule has 0 aliphatic rings. The van der Waals surface area contributed by atoms with Gasteiger partial charge in [-0.05, 0) is 59.0 Å². The Labute approximate surface area is 181 Å². The predicted octanol–water partition coefficient (Wildman–Crippen LogP) is 3.02. The van der Waals surface area contributed by atoms with Gasteiger partial charge in [-0.1, -0.05) is 30.3 Å². The average molecular weight is 431 g/mol. The van der Waals surface area contributed by atoms with Crippen molar-refractivity contribution in [1.29, 1.82) is 0 Å². The van der Waals surface area contributed by atoms with Crippen LogP contribution in [0.4, 0.5) is 10.5 Å². The fraction of sp³-hybridized carbons (Fsp3) is 0.0455. The van der Waals surface area contributed by atoms with E-state index < -0.39 is 17.7 Å². The van der Waals surface area contributed by atoms with Crippen LogP contribution in [0.2, 0.25) is 0 Å². The molecule has 0 fully saturated rings. The number of aromatic carboxylic acids is 1. The number of benzene rings is 3. The minimum atomic E-state index is -1.08. The molecule has 0 saturated heterocycles. The van der Waals surface area contributed by atoms with Gasteiger partial charge in [-0.15, -0.1) is 4.68 Å². The summed E-state index contributed by atoms with van der Waals surface area (Å²) < 4.78 is 7.44. The van der Waals surface area contributed by atoms with Crippen LogP contribution in [0.15, 0.2) is 83.7 Å². The van der Waals surface area contributed by atoms with Crippen molar-refractivity contribution in [2.75, 3.05) is 11.9 Å². The van der Waals surface area contributed by atoms with Gasteiger partial charge in [0.2, 0.25) is 0 Å². The molecule has 0 spiro atoms. The first kappa shape index (κ1) is 20.5. The highest BCUT2D eigenvalue weighted by molar-refractivity contribution is 5.93. The average Bonchev–Trinajstić information content (AvgIpc) is 3.20. The monoisotopic (exact) mass is 431 g/mol. The highest BCUT2D eigenvalue weighted by Crippen LogP contribution is 2.26. The highest BCUT2D eigenvalue weighted by Gasteiger charge is 2.22. The smallest absolute Gasteiger partial charge is 0.377 e. The van der Waals surface area contributed by atoms with Gasteiger partial charge in [0.25, 0.3) is 0 Å². The molecule has 1 N–H and O–H groups in total. The zero-order valence-corrected chi connectivity index (χ0v) is 16.8. The topological polar surface area (TPSA) is 120 Å². The van der Waals surface area contributed by atoms with E-state index in [4.69, 9.17) is 9.84 Å². The number of rotatable bonds is 5. The van der Waals surface area contributed by atoms with Crippen molar-refractivity contribution in [3.05, 3.63) is 94.9 Å². The number of aromatic nitrogens is 4. The van der Waals surface area contributed by atoms with Crippen molar-refractivity contribution in [2.24, 2.45) is 0 Å². The zero-order valence-electron chi connectivity index (χ0n) is 16.8. The molecule has 10 heteroatoms. The van der Waals surface area contributed by atoms with Gasteiger partial charge in [0.1, 0.15) is 11.4 Å². The molecule has 1 heterocycles. The number of anilines is 1. The van der Waals surface area contributed by atoms with Gasteiger partial charge in [-0.25, -0.2) is 14.4 Å². The number of hydrogen-bond donors (Lipinski definition) is 1. The first-order chi connectivity index (χ1) is 15.5. The van der Waals surface area contributed by atoms with Crippen LogP contribution in [0.5, 0.6) is 11.5 Å². The summed E-state index contributed by atoms with van der Waals surface area (Å²) in [6.07, 6.45) is 0. The Morgan fingerprint density at radius 1 is 0.906 bits per heavy atom. The number of amides is 1. The molecular weight excluding hydrogens is 414 g/mol. The number of nitrogens with zero attached hydrogens (tertiary/aromatic N) is 5. The summed E-state index contributed by atoms with van der Waals surface area (Å²) in [5, 5.41) is 16.6. The van der Waals surface area contributed by atoms with Crippen LogP contribution in [-0.4, -0.2) is 43.9 Å². The van der Waals surface area contributed by atoms with Gasteiger partial charge < -0.3 is 9.84 Å².